The van der Waals surface area contributed by atoms with Crippen molar-refractivity contribution in [2.75, 3.05) is 17.4 Å². The quantitative estimate of drug-likeness (QED) is 0.513. The first-order valence-corrected chi connectivity index (χ1v) is 12.2. The average molecular weight is 451 g/mol. The second-order valence-corrected chi connectivity index (χ2v) is 9.77. The number of hydrogen-bond acceptors (Lipinski definition) is 3. The number of carbonyl (C=O) groups is 1. The molecule has 0 aliphatic rings. The maximum Gasteiger partial charge on any atom is 0.264 e. The summed E-state index contributed by atoms with van der Waals surface area (Å²) in [5, 5.41) is 3.38. The highest BCUT2D eigenvalue weighted by atomic mass is 35.5. The van der Waals surface area contributed by atoms with Gasteiger partial charge in [-0.1, -0.05) is 62.9 Å². The molecule has 0 fully saturated rings. The number of carbonyl (C=O) groups excluding carboxylic acids is 1. The van der Waals surface area contributed by atoms with E-state index in [0.29, 0.717) is 23.2 Å². The third kappa shape index (κ3) is 6.47. The highest BCUT2D eigenvalue weighted by Crippen LogP contribution is 2.27. The largest absolute Gasteiger partial charge is 0.354 e. The summed E-state index contributed by atoms with van der Waals surface area (Å²) in [6, 6.07) is 13.1. The minimum Gasteiger partial charge on any atom is -0.354 e. The van der Waals surface area contributed by atoms with E-state index in [0.717, 1.165) is 31.2 Å². The van der Waals surface area contributed by atoms with Gasteiger partial charge in [0.25, 0.3) is 10.0 Å². The molecule has 0 saturated heterocycles. The van der Waals surface area contributed by atoms with Crippen LogP contribution in [0.1, 0.15) is 45.1 Å². The third-order valence-corrected chi connectivity index (χ3v) is 7.23. The molecule has 1 amide bonds. The van der Waals surface area contributed by atoms with Gasteiger partial charge in [0, 0.05) is 11.6 Å². The zero-order chi connectivity index (χ0) is 22.1. The Hall–Kier alpha value is -2.05. The van der Waals surface area contributed by atoms with Crippen LogP contribution >= 0.6 is 11.6 Å². The molecule has 2 rings (SSSR count). The first-order chi connectivity index (χ1) is 14.3. The second-order valence-electron chi connectivity index (χ2n) is 7.47. The van der Waals surface area contributed by atoms with Gasteiger partial charge in [-0.15, -0.1) is 0 Å². The molecule has 30 heavy (non-hydrogen) atoms. The van der Waals surface area contributed by atoms with Crippen LogP contribution in [0.2, 0.25) is 5.02 Å². The minimum absolute atomic E-state index is 0.0948. The number of hydrogen-bond donors (Lipinski definition) is 1. The molecular weight excluding hydrogens is 420 g/mol. The molecule has 0 heterocycles. The number of aryl methyl sites for hydroxylation is 1. The van der Waals surface area contributed by atoms with Crippen LogP contribution < -0.4 is 9.62 Å². The SMILES string of the molecule is CCCC[C@@H](CC)CNC(=O)CN(c1ccccc1C)S(=O)(=O)c1ccc(Cl)cc1. The number of nitrogens with zero attached hydrogens (tertiary/aromatic N) is 1. The van der Waals surface area contributed by atoms with Gasteiger partial charge in [-0.2, -0.15) is 0 Å². The van der Waals surface area contributed by atoms with Crippen LogP contribution in [-0.4, -0.2) is 27.4 Å². The Bertz CT molecular complexity index is 930. The van der Waals surface area contributed by atoms with Gasteiger partial charge in [0.05, 0.1) is 10.6 Å². The standard InChI is InChI=1S/C23H31ClN2O3S/c1-4-6-10-19(5-2)16-25-23(27)17-26(22-11-8-7-9-18(22)3)30(28,29)21-14-12-20(24)13-15-21/h7-9,11-15,19H,4-6,10,16-17H2,1-3H3,(H,25,27)/t19-/m1/s1. The molecule has 0 saturated carbocycles. The summed E-state index contributed by atoms with van der Waals surface area (Å²) in [6.45, 7) is 6.36. The highest BCUT2D eigenvalue weighted by Gasteiger charge is 2.28. The molecule has 1 N–H and O–H groups in total. The number of halogens is 1. The molecule has 0 aromatic heterocycles. The lowest BCUT2D eigenvalue weighted by atomic mass is 9.99. The fourth-order valence-electron chi connectivity index (χ4n) is 3.26. The lowest BCUT2D eigenvalue weighted by molar-refractivity contribution is -0.119. The van der Waals surface area contributed by atoms with Crippen LogP contribution in [-0.2, 0) is 14.8 Å². The van der Waals surface area contributed by atoms with Crippen molar-refractivity contribution in [1.82, 2.24) is 5.32 Å². The third-order valence-electron chi connectivity index (χ3n) is 5.20. The van der Waals surface area contributed by atoms with Gasteiger partial charge in [-0.05, 0) is 55.2 Å². The number of nitrogens with one attached hydrogen (secondary N) is 1. The fraction of sp³-hybridized carbons (Fsp3) is 0.435. The Labute approximate surface area is 185 Å². The van der Waals surface area contributed by atoms with Crippen LogP contribution in [0.25, 0.3) is 0 Å². The number of para-hydroxylation sites is 1. The van der Waals surface area contributed by atoms with Crippen molar-refractivity contribution >= 4 is 33.2 Å². The van der Waals surface area contributed by atoms with E-state index in [1.807, 2.05) is 19.1 Å². The van der Waals surface area contributed by atoms with Crippen LogP contribution in [0.3, 0.4) is 0 Å². The Morgan fingerprint density at radius 3 is 2.37 bits per heavy atom. The van der Waals surface area contributed by atoms with E-state index in [1.54, 1.807) is 12.1 Å². The summed E-state index contributed by atoms with van der Waals surface area (Å²) in [4.78, 5) is 12.8. The van der Waals surface area contributed by atoms with E-state index in [9.17, 15) is 13.2 Å². The maximum atomic E-state index is 13.4. The summed E-state index contributed by atoms with van der Waals surface area (Å²) in [7, 11) is -3.93. The van der Waals surface area contributed by atoms with Gasteiger partial charge in [-0.3, -0.25) is 9.10 Å². The van der Waals surface area contributed by atoms with Crippen molar-refractivity contribution in [2.24, 2.45) is 5.92 Å². The normalized spacial score (nSPS) is 12.4. The number of sulfonamides is 1. The molecular formula is C23H31ClN2O3S. The predicted octanol–water partition coefficient (Wildman–Crippen LogP) is 5.18. The van der Waals surface area contributed by atoms with Crippen molar-refractivity contribution in [3.8, 4) is 0 Å². The lowest BCUT2D eigenvalue weighted by Crippen LogP contribution is -2.42. The van der Waals surface area contributed by atoms with E-state index in [-0.39, 0.29) is 17.3 Å². The number of anilines is 1. The van der Waals surface area contributed by atoms with Crippen LogP contribution in [0.4, 0.5) is 5.69 Å². The van der Waals surface area contributed by atoms with Gasteiger partial charge in [0.1, 0.15) is 6.54 Å². The predicted molar refractivity (Wildman–Crippen MR) is 123 cm³/mol. The first-order valence-electron chi connectivity index (χ1n) is 10.4. The van der Waals surface area contributed by atoms with Gasteiger partial charge < -0.3 is 5.32 Å². The molecule has 1 atom stereocenters. The monoisotopic (exact) mass is 450 g/mol. The zero-order valence-electron chi connectivity index (χ0n) is 17.9. The number of benzene rings is 2. The van der Waals surface area contributed by atoms with E-state index in [1.165, 1.54) is 28.6 Å². The molecule has 0 spiro atoms. The molecule has 2 aromatic carbocycles. The molecule has 2 aromatic rings. The van der Waals surface area contributed by atoms with E-state index >= 15 is 0 Å². The Kier molecular flexibility index (Phi) is 9.18. The fourth-order valence-corrected chi connectivity index (χ4v) is 4.88. The van der Waals surface area contributed by atoms with Crippen molar-refractivity contribution in [1.29, 1.82) is 0 Å². The van der Waals surface area contributed by atoms with Crippen molar-refractivity contribution in [3.63, 3.8) is 0 Å². The van der Waals surface area contributed by atoms with Gasteiger partial charge in [-0.25, -0.2) is 8.42 Å². The first kappa shape index (κ1) is 24.2. The zero-order valence-corrected chi connectivity index (χ0v) is 19.5. The minimum atomic E-state index is -3.93. The summed E-state index contributed by atoms with van der Waals surface area (Å²) in [6.07, 6.45) is 4.27. The maximum absolute atomic E-state index is 13.4. The summed E-state index contributed by atoms with van der Waals surface area (Å²) >= 11 is 5.92. The van der Waals surface area contributed by atoms with Gasteiger partial charge >= 0.3 is 0 Å². The van der Waals surface area contributed by atoms with Crippen LogP contribution in [0.15, 0.2) is 53.4 Å². The number of unbranched alkanes of at least 4 members (excludes halogenated alkanes) is 1. The summed E-state index contributed by atoms with van der Waals surface area (Å²) < 4.78 is 27.9. The van der Waals surface area contributed by atoms with Crippen LogP contribution in [0.5, 0.6) is 0 Å². The van der Waals surface area contributed by atoms with Crippen molar-refractivity contribution < 1.29 is 13.2 Å². The molecule has 0 aliphatic heterocycles. The number of rotatable bonds is 11. The smallest absolute Gasteiger partial charge is 0.264 e. The second kappa shape index (κ2) is 11.4. The van der Waals surface area contributed by atoms with Gasteiger partial charge in [0.2, 0.25) is 5.91 Å². The Balaban J connectivity index is 2.26. The molecule has 0 unspecified atom stereocenters. The molecule has 5 nitrogen and oxygen atoms in total. The lowest BCUT2D eigenvalue weighted by Gasteiger charge is -2.26. The average Bonchev–Trinajstić information content (AvgIpc) is 2.73. The highest BCUT2D eigenvalue weighted by molar-refractivity contribution is 7.92. The summed E-state index contributed by atoms with van der Waals surface area (Å²) in [5.41, 5.74) is 1.26. The van der Waals surface area contributed by atoms with E-state index in [2.05, 4.69) is 19.2 Å². The number of amides is 1. The summed E-state index contributed by atoms with van der Waals surface area (Å²) in [5.74, 6) is 0.0828. The molecule has 7 heteroatoms. The molecule has 0 bridgehead atoms. The van der Waals surface area contributed by atoms with Gasteiger partial charge in [0.15, 0.2) is 0 Å². The molecule has 164 valence electrons. The Morgan fingerprint density at radius 1 is 1.10 bits per heavy atom. The Morgan fingerprint density at radius 2 is 1.77 bits per heavy atom. The van der Waals surface area contributed by atoms with Crippen LogP contribution in [0, 0.1) is 12.8 Å². The molecule has 0 radical (unpaired) electrons. The topological polar surface area (TPSA) is 66.5 Å². The van der Waals surface area contributed by atoms with Crippen molar-refractivity contribution in [3.05, 3.63) is 59.1 Å². The van der Waals surface area contributed by atoms with Crippen molar-refractivity contribution in [2.45, 2.75) is 51.3 Å². The van der Waals surface area contributed by atoms with E-state index < -0.39 is 10.0 Å². The van der Waals surface area contributed by atoms with E-state index in [4.69, 9.17) is 11.6 Å². The molecule has 0 aliphatic carbocycles.